The number of allylic oxidation sites excluding steroid dienone is 3. The minimum Gasteiger partial charge on any atom is -0.0999 e. The van der Waals surface area contributed by atoms with Crippen molar-refractivity contribution in [1.29, 1.82) is 0 Å². The van der Waals surface area contributed by atoms with Crippen LogP contribution in [0.1, 0.15) is 90.9 Å². The SMILES string of the molecule is C=C(CCC)CCCCC=CCCCCCCC. The second kappa shape index (κ2) is 14.5. The van der Waals surface area contributed by atoms with Gasteiger partial charge in [0.25, 0.3) is 0 Å². The standard InChI is InChI=1S/C18H34/c1-4-6-7-8-9-10-11-12-13-14-15-17-18(3)16-5-2/h11-12H,3-10,13-17H2,1-2H3. The van der Waals surface area contributed by atoms with Gasteiger partial charge in [0.15, 0.2) is 0 Å². The number of rotatable bonds is 13. The smallest absolute Gasteiger partial charge is 0.0323 e. The van der Waals surface area contributed by atoms with Gasteiger partial charge in [0.1, 0.15) is 0 Å². The molecule has 0 heteroatoms. The van der Waals surface area contributed by atoms with E-state index in [-0.39, 0.29) is 0 Å². The average Bonchev–Trinajstić information content (AvgIpc) is 2.36. The molecule has 0 aliphatic carbocycles. The Hall–Kier alpha value is -0.520. The van der Waals surface area contributed by atoms with Crippen LogP contribution >= 0.6 is 0 Å². The Morgan fingerprint density at radius 1 is 0.722 bits per heavy atom. The van der Waals surface area contributed by atoms with Gasteiger partial charge in [0.2, 0.25) is 0 Å². The molecule has 0 unspecified atom stereocenters. The maximum atomic E-state index is 4.11. The molecule has 0 aromatic rings. The highest BCUT2D eigenvalue weighted by Gasteiger charge is 1.92. The maximum Gasteiger partial charge on any atom is -0.0323 e. The first kappa shape index (κ1) is 17.5. The van der Waals surface area contributed by atoms with Gasteiger partial charge in [-0.3, -0.25) is 0 Å². The van der Waals surface area contributed by atoms with Gasteiger partial charge in [-0.05, 0) is 44.9 Å². The van der Waals surface area contributed by atoms with Crippen molar-refractivity contribution in [2.75, 3.05) is 0 Å². The minimum atomic E-state index is 1.22. The van der Waals surface area contributed by atoms with E-state index in [9.17, 15) is 0 Å². The molecule has 0 saturated heterocycles. The summed E-state index contributed by atoms with van der Waals surface area (Å²) in [5.74, 6) is 0. The van der Waals surface area contributed by atoms with Crippen LogP contribution in [0.15, 0.2) is 24.3 Å². The summed E-state index contributed by atoms with van der Waals surface area (Å²) in [6, 6.07) is 0. The van der Waals surface area contributed by atoms with E-state index in [0.29, 0.717) is 0 Å². The fourth-order valence-electron chi connectivity index (χ4n) is 2.22. The Kier molecular flexibility index (Phi) is 14.1. The highest BCUT2D eigenvalue weighted by Crippen LogP contribution is 2.12. The van der Waals surface area contributed by atoms with Crippen molar-refractivity contribution in [1.82, 2.24) is 0 Å². The normalized spacial score (nSPS) is 11.2. The monoisotopic (exact) mass is 250 g/mol. The third-order valence-corrected chi connectivity index (χ3v) is 3.40. The third-order valence-electron chi connectivity index (χ3n) is 3.40. The molecule has 0 amide bonds. The second-order valence-electron chi connectivity index (χ2n) is 5.42. The van der Waals surface area contributed by atoms with Gasteiger partial charge in [0.05, 0.1) is 0 Å². The highest BCUT2D eigenvalue weighted by molar-refractivity contribution is 4.93. The molecule has 0 aliphatic rings. The molecule has 18 heavy (non-hydrogen) atoms. The molecule has 106 valence electrons. The summed E-state index contributed by atoms with van der Waals surface area (Å²) in [7, 11) is 0. The van der Waals surface area contributed by atoms with Gasteiger partial charge >= 0.3 is 0 Å². The van der Waals surface area contributed by atoms with E-state index in [1.165, 1.54) is 82.6 Å². The first-order valence-corrected chi connectivity index (χ1v) is 8.12. The van der Waals surface area contributed by atoms with Crippen LogP contribution in [0.3, 0.4) is 0 Å². The van der Waals surface area contributed by atoms with Crippen LogP contribution in [0.2, 0.25) is 0 Å². The van der Waals surface area contributed by atoms with Crippen molar-refractivity contribution >= 4 is 0 Å². The fraction of sp³-hybridized carbons (Fsp3) is 0.778. The molecule has 0 aromatic carbocycles. The molecule has 0 nitrogen and oxygen atoms in total. The van der Waals surface area contributed by atoms with E-state index in [1.807, 2.05) is 0 Å². The summed E-state index contributed by atoms with van der Waals surface area (Å²) < 4.78 is 0. The Bertz CT molecular complexity index is 200. The lowest BCUT2D eigenvalue weighted by Crippen LogP contribution is -1.82. The summed E-state index contributed by atoms with van der Waals surface area (Å²) in [6.07, 6.45) is 20.6. The third kappa shape index (κ3) is 13.5. The predicted octanol–water partition coefficient (Wildman–Crippen LogP) is 6.82. The number of hydrogen-bond donors (Lipinski definition) is 0. The van der Waals surface area contributed by atoms with E-state index < -0.39 is 0 Å². The van der Waals surface area contributed by atoms with Gasteiger partial charge in [-0.15, -0.1) is 0 Å². The Labute approximate surface area is 116 Å². The zero-order chi connectivity index (χ0) is 13.5. The Balaban J connectivity index is 3.16. The summed E-state index contributed by atoms with van der Waals surface area (Å²) in [5, 5.41) is 0. The fourth-order valence-corrected chi connectivity index (χ4v) is 2.22. The largest absolute Gasteiger partial charge is 0.0999 e. The molecule has 0 atom stereocenters. The van der Waals surface area contributed by atoms with E-state index in [2.05, 4.69) is 32.6 Å². The topological polar surface area (TPSA) is 0 Å². The summed E-state index contributed by atoms with van der Waals surface area (Å²) in [4.78, 5) is 0. The molecule has 0 aliphatic heterocycles. The molecule has 0 N–H and O–H groups in total. The van der Waals surface area contributed by atoms with Crippen molar-refractivity contribution in [3.63, 3.8) is 0 Å². The van der Waals surface area contributed by atoms with Crippen LogP contribution in [0, 0.1) is 0 Å². The Morgan fingerprint density at radius 2 is 1.33 bits per heavy atom. The number of hydrogen-bond acceptors (Lipinski definition) is 0. The van der Waals surface area contributed by atoms with E-state index in [4.69, 9.17) is 0 Å². The van der Waals surface area contributed by atoms with Crippen LogP contribution in [0.4, 0.5) is 0 Å². The molecule has 0 rings (SSSR count). The lowest BCUT2D eigenvalue weighted by molar-refractivity contribution is 0.636. The van der Waals surface area contributed by atoms with Crippen molar-refractivity contribution in [3.05, 3.63) is 24.3 Å². The van der Waals surface area contributed by atoms with Crippen LogP contribution in [0.25, 0.3) is 0 Å². The zero-order valence-corrected chi connectivity index (χ0v) is 12.8. The first-order valence-electron chi connectivity index (χ1n) is 8.12. The van der Waals surface area contributed by atoms with E-state index in [1.54, 1.807) is 0 Å². The molecule has 0 aromatic heterocycles. The molecule has 0 bridgehead atoms. The van der Waals surface area contributed by atoms with Gasteiger partial charge in [0, 0.05) is 0 Å². The molecule has 0 saturated carbocycles. The van der Waals surface area contributed by atoms with Crippen LogP contribution in [0.5, 0.6) is 0 Å². The quantitative estimate of drug-likeness (QED) is 0.248. The maximum absolute atomic E-state index is 4.11. The van der Waals surface area contributed by atoms with Gasteiger partial charge < -0.3 is 0 Å². The lowest BCUT2D eigenvalue weighted by atomic mass is 10.0. The van der Waals surface area contributed by atoms with Crippen LogP contribution in [-0.2, 0) is 0 Å². The Morgan fingerprint density at radius 3 is 1.94 bits per heavy atom. The molecule has 0 fully saturated rings. The molecular weight excluding hydrogens is 216 g/mol. The van der Waals surface area contributed by atoms with E-state index in [0.717, 1.165) is 0 Å². The highest BCUT2D eigenvalue weighted by atomic mass is 14.0. The predicted molar refractivity (Wildman–Crippen MR) is 85.0 cm³/mol. The number of unbranched alkanes of at least 4 members (excludes halogenated alkanes) is 7. The van der Waals surface area contributed by atoms with Crippen molar-refractivity contribution < 1.29 is 0 Å². The van der Waals surface area contributed by atoms with Crippen molar-refractivity contribution in [2.24, 2.45) is 0 Å². The lowest BCUT2D eigenvalue weighted by Gasteiger charge is -2.02. The summed E-state index contributed by atoms with van der Waals surface area (Å²) in [5.41, 5.74) is 1.44. The summed E-state index contributed by atoms with van der Waals surface area (Å²) >= 11 is 0. The molecule has 0 spiro atoms. The van der Waals surface area contributed by atoms with E-state index >= 15 is 0 Å². The zero-order valence-electron chi connectivity index (χ0n) is 12.8. The van der Waals surface area contributed by atoms with Crippen LogP contribution in [-0.4, -0.2) is 0 Å². The molecular formula is C18H34. The minimum absolute atomic E-state index is 1.22. The molecule has 0 heterocycles. The van der Waals surface area contributed by atoms with Gasteiger partial charge in [-0.2, -0.15) is 0 Å². The first-order chi connectivity index (χ1) is 8.81. The van der Waals surface area contributed by atoms with Crippen LogP contribution < -0.4 is 0 Å². The van der Waals surface area contributed by atoms with Crippen molar-refractivity contribution in [2.45, 2.75) is 90.9 Å². The summed E-state index contributed by atoms with van der Waals surface area (Å²) in [6.45, 7) is 8.61. The van der Waals surface area contributed by atoms with Gasteiger partial charge in [-0.1, -0.05) is 70.3 Å². The van der Waals surface area contributed by atoms with Crippen molar-refractivity contribution in [3.8, 4) is 0 Å². The van der Waals surface area contributed by atoms with Gasteiger partial charge in [-0.25, -0.2) is 0 Å². The second-order valence-corrected chi connectivity index (χ2v) is 5.42. The average molecular weight is 250 g/mol. The molecule has 0 radical (unpaired) electrons.